The Kier molecular flexibility index (Phi) is 6.01. The van der Waals surface area contributed by atoms with Gasteiger partial charge in [0.2, 0.25) is 11.8 Å². The second kappa shape index (κ2) is 7.81. The van der Waals surface area contributed by atoms with Crippen molar-refractivity contribution < 1.29 is 9.59 Å². The van der Waals surface area contributed by atoms with Gasteiger partial charge in [0.25, 0.3) is 0 Å². The monoisotopic (exact) mass is 412 g/mol. The van der Waals surface area contributed by atoms with Crippen LogP contribution in [0.25, 0.3) is 0 Å². The smallest absolute Gasteiger partial charge is 0.243 e. The zero-order chi connectivity index (χ0) is 17.9. The minimum absolute atomic E-state index is 0.0179. The lowest BCUT2D eigenvalue weighted by Crippen LogP contribution is -2.35. The van der Waals surface area contributed by atoms with E-state index < -0.39 is 0 Å². The third-order valence-electron chi connectivity index (χ3n) is 3.47. The molecular formula is C16H18BrClN4O2. The Hall–Kier alpha value is -1.86. The number of aryl methyl sites for hydroxylation is 2. The molecule has 2 aromatic rings. The molecule has 128 valence electrons. The fraction of sp³-hybridized carbons (Fsp3) is 0.312. The Morgan fingerprint density at radius 1 is 1.25 bits per heavy atom. The third-order valence-corrected chi connectivity index (χ3v) is 4.91. The molecule has 0 saturated heterocycles. The van der Waals surface area contributed by atoms with Crippen molar-refractivity contribution in [3.63, 3.8) is 0 Å². The van der Waals surface area contributed by atoms with Gasteiger partial charge < -0.3 is 10.6 Å². The van der Waals surface area contributed by atoms with Crippen LogP contribution in [0.1, 0.15) is 17.0 Å². The van der Waals surface area contributed by atoms with Gasteiger partial charge in [0.15, 0.2) is 0 Å². The van der Waals surface area contributed by atoms with Gasteiger partial charge >= 0.3 is 0 Å². The van der Waals surface area contributed by atoms with E-state index in [1.165, 1.54) is 4.68 Å². The van der Waals surface area contributed by atoms with Gasteiger partial charge in [-0.05, 0) is 44.5 Å². The Morgan fingerprint density at radius 2 is 1.96 bits per heavy atom. The molecule has 1 heterocycles. The van der Waals surface area contributed by atoms with Crippen molar-refractivity contribution in [2.24, 2.45) is 0 Å². The number of anilines is 1. The van der Waals surface area contributed by atoms with Crippen LogP contribution in [0.15, 0.2) is 22.7 Å². The molecule has 0 radical (unpaired) electrons. The number of rotatable bonds is 5. The van der Waals surface area contributed by atoms with Gasteiger partial charge in [-0.2, -0.15) is 5.10 Å². The van der Waals surface area contributed by atoms with Crippen molar-refractivity contribution in [2.75, 3.05) is 11.9 Å². The van der Waals surface area contributed by atoms with Gasteiger partial charge in [-0.1, -0.05) is 27.5 Å². The summed E-state index contributed by atoms with van der Waals surface area (Å²) in [5.74, 6) is -0.601. The zero-order valence-electron chi connectivity index (χ0n) is 13.6. The molecule has 1 aromatic carbocycles. The molecule has 0 spiro atoms. The van der Waals surface area contributed by atoms with Crippen LogP contribution in [-0.4, -0.2) is 28.1 Å². The maximum absolute atomic E-state index is 11.9. The minimum atomic E-state index is -0.306. The van der Waals surface area contributed by atoms with Crippen LogP contribution in [0, 0.1) is 20.8 Å². The normalized spacial score (nSPS) is 10.5. The fourth-order valence-electron chi connectivity index (χ4n) is 2.13. The first kappa shape index (κ1) is 18.5. The van der Waals surface area contributed by atoms with Crippen LogP contribution >= 0.6 is 27.5 Å². The summed E-state index contributed by atoms with van der Waals surface area (Å²) >= 11 is 9.44. The average molecular weight is 414 g/mol. The number of carbonyl (C=O) groups is 2. The molecule has 1 aromatic heterocycles. The van der Waals surface area contributed by atoms with Crippen molar-refractivity contribution in [2.45, 2.75) is 27.3 Å². The van der Waals surface area contributed by atoms with Crippen LogP contribution in [-0.2, 0) is 16.1 Å². The molecule has 8 heteroatoms. The molecule has 0 aliphatic carbocycles. The summed E-state index contributed by atoms with van der Waals surface area (Å²) in [6.07, 6.45) is 0. The van der Waals surface area contributed by atoms with Crippen LogP contribution in [0.4, 0.5) is 5.69 Å². The van der Waals surface area contributed by atoms with Gasteiger partial charge in [-0.25, -0.2) is 0 Å². The van der Waals surface area contributed by atoms with E-state index in [2.05, 4.69) is 31.7 Å². The lowest BCUT2D eigenvalue weighted by molar-refractivity contribution is -0.124. The highest BCUT2D eigenvalue weighted by atomic mass is 79.9. The maximum Gasteiger partial charge on any atom is 0.243 e. The van der Waals surface area contributed by atoms with E-state index in [9.17, 15) is 9.59 Å². The number of nitrogens with zero attached hydrogens (tertiary/aromatic N) is 2. The number of halogens is 2. The number of nitrogens with one attached hydrogen (secondary N) is 2. The third kappa shape index (κ3) is 4.58. The van der Waals surface area contributed by atoms with Crippen molar-refractivity contribution >= 4 is 45.0 Å². The average Bonchev–Trinajstić information content (AvgIpc) is 2.76. The second-order valence-corrected chi connectivity index (χ2v) is 6.66. The molecule has 2 N–H and O–H groups in total. The summed E-state index contributed by atoms with van der Waals surface area (Å²) in [7, 11) is 0. The highest BCUT2D eigenvalue weighted by Crippen LogP contribution is 2.20. The van der Waals surface area contributed by atoms with E-state index in [1.54, 1.807) is 19.9 Å². The number of amides is 2. The number of aromatic nitrogens is 2. The molecule has 2 amide bonds. The predicted molar refractivity (Wildman–Crippen MR) is 97.2 cm³/mol. The van der Waals surface area contributed by atoms with E-state index >= 15 is 0 Å². The summed E-state index contributed by atoms with van der Waals surface area (Å²) < 4.78 is 2.49. The molecule has 0 fully saturated rings. The Morgan fingerprint density at radius 3 is 2.54 bits per heavy atom. The molecule has 2 rings (SSSR count). The van der Waals surface area contributed by atoms with E-state index in [-0.39, 0.29) is 24.9 Å². The van der Waals surface area contributed by atoms with Crippen LogP contribution in [0.3, 0.4) is 0 Å². The standard InChI is InChI=1S/C16H18BrClN4O2/c1-9-6-12(4-5-13(9)17)20-14(23)7-19-15(24)8-22-11(3)16(18)10(2)21-22/h4-6H,7-8H2,1-3H3,(H,19,24)(H,20,23). The van der Waals surface area contributed by atoms with Crippen molar-refractivity contribution in [3.8, 4) is 0 Å². The topological polar surface area (TPSA) is 76.0 Å². The largest absolute Gasteiger partial charge is 0.345 e. The molecule has 0 atom stereocenters. The van der Waals surface area contributed by atoms with E-state index in [0.29, 0.717) is 16.4 Å². The quantitative estimate of drug-likeness (QED) is 0.791. The lowest BCUT2D eigenvalue weighted by atomic mass is 10.2. The van der Waals surface area contributed by atoms with Crippen molar-refractivity contribution in [1.82, 2.24) is 15.1 Å². The zero-order valence-corrected chi connectivity index (χ0v) is 16.0. The van der Waals surface area contributed by atoms with Gasteiger partial charge in [0.1, 0.15) is 6.54 Å². The van der Waals surface area contributed by atoms with Crippen molar-refractivity contribution in [3.05, 3.63) is 44.6 Å². The lowest BCUT2D eigenvalue weighted by Gasteiger charge is -2.09. The summed E-state index contributed by atoms with van der Waals surface area (Å²) in [5.41, 5.74) is 3.09. The van der Waals surface area contributed by atoms with Gasteiger partial charge in [-0.15, -0.1) is 0 Å². The Labute approximate surface area is 153 Å². The van der Waals surface area contributed by atoms with E-state index in [4.69, 9.17) is 11.6 Å². The Balaban J connectivity index is 1.85. The summed E-state index contributed by atoms with van der Waals surface area (Å²) in [6.45, 7) is 5.40. The molecule has 0 aliphatic rings. The number of benzene rings is 1. The SMILES string of the molecule is Cc1cc(NC(=O)CNC(=O)Cn2nc(C)c(Cl)c2C)ccc1Br. The van der Waals surface area contributed by atoms with Crippen LogP contribution < -0.4 is 10.6 Å². The van der Waals surface area contributed by atoms with Crippen LogP contribution in [0.2, 0.25) is 5.02 Å². The van der Waals surface area contributed by atoms with Crippen molar-refractivity contribution in [1.29, 1.82) is 0 Å². The highest BCUT2D eigenvalue weighted by molar-refractivity contribution is 9.10. The summed E-state index contributed by atoms with van der Waals surface area (Å²) in [4.78, 5) is 23.8. The molecular weight excluding hydrogens is 396 g/mol. The number of hydrogen-bond acceptors (Lipinski definition) is 3. The Bertz CT molecular complexity index is 789. The maximum atomic E-state index is 11.9. The first-order valence-electron chi connectivity index (χ1n) is 7.30. The molecule has 0 bridgehead atoms. The molecule has 0 saturated carbocycles. The number of hydrogen-bond donors (Lipinski definition) is 2. The predicted octanol–water partition coefficient (Wildman–Crippen LogP) is 2.98. The molecule has 0 aliphatic heterocycles. The summed E-state index contributed by atoms with van der Waals surface area (Å²) in [6, 6.07) is 5.49. The van der Waals surface area contributed by atoms with E-state index in [1.807, 2.05) is 19.1 Å². The summed E-state index contributed by atoms with van der Waals surface area (Å²) in [5, 5.41) is 10.0. The van der Waals surface area contributed by atoms with Gasteiger partial charge in [0.05, 0.1) is 23.0 Å². The first-order valence-corrected chi connectivity index (χ1v) is 8.47. The highest BCUT2D eigenvalue weighted by Gasteiger charge is 2.13. The molecule has 24 heavy (non-hydrogen) atoms. The minimum Gasteiger partial charge on any atom is -0.345 e. The first-order chi connectivity index (χ1) is 11.3. The van der Waals surface area contributed by atoms with E-state index in [0.717, 1.165) is 15.7 Å². The fourth-order valence-corrected chi connectivity index (χ4v) is 2.51. The van der Waals surface area contributed by atoms with Gasteiger partial charge in [-0.3, -0.25) is 14.3 Å². The second-order valence-electron chi connectivity index (χ2n) is 5.43. The van der Waals surface area contributed by atoms with Gasteiger partial charge in [0, 0.05) is 10.2 Å². The van der Waals surface area contributed by atoms with Crippen LogP contribution in [0.5, 0.6) is 0 Å². The molecule has 0 unspecified atom stereocenters. The molecule has 6 nitrogen and oxygen atoms in total. The number of carbonyl (C=O) groups excluding carboxylic acids is 2.